The van der Waals surface area contributed by atoms with Crippen LogP contribution in [0.3, 0.4) is 0 Å². The number of nitrogens with zero attached hydrogens (tertiary/aromatic N) is 2. The summed E-state index contributed by atoms with van der Waals surface area (Å²) >= 11 is 0. The summed E-state index contributed by atoms with van der Waals surface area (Å²) in [4.78, 5) is 27.2. The third-order valence-electron chi connectivity index (χ3n) is 5.39. The molecule has 132 valence electrons. The number of fused-ring (bicyclic) bond motifs is 1. The van der Waals surface area contributed by atoms with Crippen molar-refractivity contribution in [3.8, 4) is 0 Å². The lowest BCUT2D eigenvalue weighted by atomic mass is 10.1. The number of Topliss-reactive ketones (excluding diaryl/α,β-unsaturated/α-hetero) is 1. The number of hydrogen-bond donors (Lipinski definition) is 1. The molecule has 2 aromatic rings. The fourth-order valence-corrected chi connectivity index (χ4v) is 3.80. The van der Waals surface area contributed by atoms with E-state index in [0.29, 0.717) is 5.92 Å². The lowest BCUT2D eigenvalue weighted by Gasteiger charge is -2.12. The standard InChI is InChI=1S/C20H25N3O2/c1-22-9-8-14(11-22)10-21-19(24)13-23-12-17(20(25)15-6-7-15)16-4-2-3-5-18(16)23/h2-5,12,14-15H,6-11,13H2,1H3,(H,21,24). The molecular weight excluding hydrogens is 314 g/mol. The van der Waals surface area contributed by atoms with Gasteiger partial charge in [-0.3, -0.25) is 9.59 Å². The first-order valence-corrected chi connectivity index (χ1v) is 9.19. The monoisotopic (exact) mass is 339 g/mol. The third kappa shape index (κ3) is 3.47. The van der Waals surface area contributed by atoms with E-state index in [-0.39, 0.29) is 24.2 Å². The Morgan fingerprint density at radius 3 is 2.72 bits per heavy atom. The molecule has 1 saturated heterocycles. The van der Waals surface area contributed by atoms with Gasteiger partial charge < -0.3 is 14.8 Å². The van der Waals surface area contributed by atoms with E-state index >= 15 is 0 Å². The van der Waals surface area contributed by atoms with Gasteiger partial charge >= 0.3 is 0 Å². The van der Waals surface area contributed by atoms with Crippen LogP contribution in [0.2, 0.25) is 0 Å². The molecule has 0 bridgehead atoms. The second-order valence-electron chi connectivity index (χ2n) is 7.55. The molecule has 5 nitrogen and oxygen atoms in total. The number of carbonyl (C=O) groups excluding carboxylic acids is 2. The highest BCUT2D eigenvalue weighted by Gasteiger charge is 2.32. The minimum atomic E-state index is 0.0146. The predicted molar refractivity (Wildman–Crippen MR) is 97.6 cm³/mol. The summed E-state index contributed by atoms with van der Waals surface area (Å²) in [5.41, 5.74) is 1.73. The van der Waals surface area contributed by atoms with E-state index in [4.69, 9.17) is 0 Å². The highest BCUT2D eigenvalue weighted by molar-refractivity contribution is 6.10. The lowest BCUT2D eigenvalue weighted by molar-refractivity contribution is -0.121. The summed E-state index contributed by atoms with van der Waals surface area (Å²) in [5, 5.41) is 4.02. The van der Waals surface area contributed by atoms with Gasteiger partial charge in [-0.25, -0.2) is 0 Å². The largest absolute Gasteiger partial charge is 0.354 e. The van der Waals surface area contributed by atoms with E-state index in [1.54, 1.807) is 0 Å². The summed E-state index contributed by atoms with van der Waals surface area (Å²) in [7, 11) is 2.12. The summed E-state index contributed by atoms with van der Waals surface area (Å²) in [6.45, 7) is 3.15. The SMILES string of the molecule is CN1CCC(CNC(=O)Cn2cc(C(=O)C3CC3)c3ccccc32)C1. The Kier molecular flexibility index (Phi) is 4.34. The number of aromatic nitrogens is 1. The lowest BCUT2D eigenvalue weighted by Crippen LogP contribution is -2.32. The van der Waals surface area contributed by atoms with Crippen molar-refractivity contribution >= 4 is 22.6 Å². The molecular formula is C20H25N3O2. The number of likely N-dealkylation sites (tertiary alicyclic amines) is 1. The van der Waals surface area contributed by atoms with Gasteiger partial charge in [-0.05, 0) is 44.8 Å². The quantitative estimate of drug-likeness (QED) is 0.822. The number of para-hydroxylation sites is 1. The van der Waals surface area contributed by atoms with Gasteiger partial charge in [0.2, 0.25) is 5.91 Å². The van der Waals surface area contributed by atoms with Gasteiger partial charge in [-0.1, -0.05) is 18.2 Å². The molecule has 1 atom stereocenters. The maximum Gasteiger partial charge on any atom is 0.239 e. The molecule has 2 aliphatic rings. The second-order valence-corrected chi connectivity index (χ2v) is 7.55. The molecule has 0 radical (unpaired) electrons. The van der Waals surface area contributed by atoms with Crippen LogP contribution >= 0.6 is 0 Å². The molecule has 0 spiro atoms. The zero-order valence-corrected chi connectivity index (χ0v) is 14.7. The molecule has 25 heavy (non-hydrogen) atoms. The highest BCUT2D eigenvalue weighted by Crippen LogP contribution is 2.35. The summed E-state index contributed by atoms with van der Waals surface area (Å²) in [6, 6.07) is 7.87. The van der Waals surface area contributed by atoms with E-state index in [9.17, 15) is 9.59 Å². The van der Waals surface area contributed by atoms with Crippen LogP contribution in [0.4, 0.5) is 0 Å². The number of rotatable bonds is 6. The van der Waals surface area contributed by atoms with Crippen LogP contribution in [0.1, 0.15) is 29.6 Å². The number of carbonyl (C=O) groups is 2. The van der Waals surface area contributed by atoms with Gasteiger partial charge in [0.05, 0.1) is 0 Å². The second kappa shape index (κ2) is 6.64. The molecule has 5 heteroatoms. The Morgan fingerprint density at radius 1 is 1.20 bits per heavy atom. The van der Waals surface area contributed by atoms with Crippen molar-refractivity contribution in [2.75, 3.05) is 26.7 Å². The number of hydrogen-bond acceptors (Lipinski definition) is 3. The Balaban J connectivity index is 1.47. The molecule has 1 unspecified atom stereocenters. The van der Waals surface area contributed by atoms with Gasteiger partial charge in [0.25, 0.3) is 0 Å². The zero-order chi connectivity index (χ0) is 17.4. The minimum absolute atomic E-state index is 0.0146. The zero-order valence-electron chi connectivity index (χ0n) is 14.7. The van der Waals surface area contributed by atoms with Crippen molar-refractivity contribution in [1.82, 2.24) is 14.8 Å². The molecule has 1 aliphatic carbocycles. The Bertz CT molecular complexity index is 806. The molecule has 1 N–H and O–H groups in total. The van der Waals surface area contributed by atoms with Gasteiger partial charge in [0.15, 0.2) is 5.78 Å². The normalized spacial score (nSPS) is 20.9. The fourth-order valence-electron chi connectivity index (χ4n) is 3.80. The van der Waals surface area contributed by atoms with E-state index in [0.717, 1.165) is 55.4 Å². The summed E-state index contributed by atoms with van der Waals surface area (Å²) < 4.78 is 1.92. The van der Waals surface area contributed by atoms with Crippen molar-refractivity contribution in [1.29, 1.82) is 0 Å². The maximum atomic E-state index is 12.5. The van der Waals surface area contributed by atoms with Gasteiger partial charge in [-0.15, -0.1) is 0 Å². The van der Waals surface area contributed by atoms with Crippen LogP contribution in [0.15, 0.2) is 30.5 Å². The average molecular weight is 339 g/mol. The molecule has 1 saturated carbocycles. The van der Waals surface area contributed by atoms with Crippen molar-refractivity contribution < 1.29 is 9.59 Å². The number of benzene rings is 1. The van der Waals surface area contributed by atoms with Crippen molar-refractivity contribution in [2.45, 2.75) is 25.8 Å². The van der Waals surface area contributed by atoms with Crippen LogP contribution in [0.25, 0.3) is 10.9 Å². The predicted octanol–water partition coefficient (Wildman–Crippen LogP) is 2.30. The van der Waals surface area contributed by atoms with Crippen molar-refractivity contribution in [2.24, 2.45) is 11.8 Å². The Morgan fingerprint density at radius 2 is 2.00 bits per heavy atom. The summed E-state index contributed by atoms with van der Waals surface area (Å²) in [6.07, 6.45) is 5.00. The van der Waals surface area contributed by atoms with Crippen molar-refractivity contribution in [3.63, 3.8) is 0 Å². The van der Waals surface area contributed by atoms with Gasteiger partial charge in [0, 0.05) is 41.7 Å². The highest BCUT2D eigenvalue weighted by atomic mass is 16.2. The van der Waals surface area contributed by atoms with Gasteiger partial charge in [0.1, 0.15) is 6.54 Å². The van der Waals surface area contributed by atoms with E-state index in [1.165, 1.54) is 0 Å². The fraction of sp³-hybridized carbons (Fsp3) is 0.500. The molecule has 2 fully saturated rings. The van der Waals surface area contributed by atoms with E-state index in [1.807, 2.05) is 35.0 Å². The van der Waals surface area contributed by atoms with Crippen LogP contribution in [-0.2, 0) is 11.3 Å². The molecule has 1 aromatic carbocycles. The topological polar surface area (TPSA) is 54.3 Å². The number of ketones is 1. The van der Waals surface area contributed by atoms with Crippen LogP contribution in [0.5, 0.6) is 0 Å². The summed E-state index contributed by atoms with van der Waals surface area (Å²) in [5.74, 6) is 0.972. The first-order chi connectivity index (χ1) is 12.1. The van der Waals surface area contributed by atoms with Gasteiger partial charge in [-0.2, -0.15) is 0 Å². The smallest absolute Gasteiger partial charge is 0.239 e. The Hall–Kier alpha value is -2.14. The molecule has 2 heterocycles. The van der Waals surface area contributed by atoms with Crippen LogP contribution < -0.4 is 5.32 Å². The minimum Gasteiger partial charge on any atom is -0.354 e. The first-order valence-electron chi connectivity index (χ1n) is 9.19. The Labute approximate surface area is 148 Å². The number of nitrogens with one attached hydrogen (secondary N) is 1. The molecule has 1 amide bonds. The van der Waals surface area contributed by atoms with Crippen LogP contribution in [-0.4, -0.2) is 47.8 Å². The average Bonchev–Trinajstić information content (AvgIpc) is 3.29. The first kappa shape index (κ1) is 16.3. The molecule has 1 aromatic heterocycles. The van der Waals surface area contributed by atoms with E-state index in [2.05, 4.69) is 17.3 Å². The molecule has 4 rings (SSSR count). The third-order valence-corrected chi connectivity index (χ3v) is 5.39. The number of amides is 1. The van der Waals surface area contributed by atoms with Crippen LogP contribution in [0, 0.1) is 11.8 Å². The van der Waals surface area contributed by atoms with Crippen molar-refractivity contribution in [3.05, 3.63) is 36.0 Å². The maximum absolute atomic E-state index is 12.5. The van der Waals surface area contributed by atoms with E-state index < -0.39 is 0 Å². The molecule has 1 aliphatic heterocycles.